The monoisotopic (exact) mass is 495 g/mol. The molecule has 0 radical (unpaired) electrons. The number of likely N-dealkylation sites (tertiary alicyclic amines) is 1. The highest BCUT2D eigenvalue weighted by molar-refractivity contribution is 6.31. The van der Waals surface area contributed by atoms with Crippen LogP contribution in [0.3, 0.4) is 0 Å². The minimum absolute atomic E-state index is 0.0391. The Morgan fingerprint density at radius 2 is 1.86 bits per heavy atom. The largest absolute Gasteiger partial charge is 0.383 e. The Bertz CT molecular complexity index is 1110. The third-order valence-electron chi connectivity index (χ3n) is 7.02. The molecule has 7 nitrogen and oxygen atoms in total. The number of imide groups is 1. The zero-order chi connectivity index (χ0) is 25.0. The molecule has 4 rings (SSSR count). The molecule has 4 amide bonds. The number of benzene rings is 2. The molecule has 8 heteroatoms. The van der Waals surface area contributed by atoms with Crippen LogP contribution in [0.4, 0.5) is 4.79 Å². The van der Waals surface area contributed by atoms with Crippen LogP contribution >= 0.6 is 11.6 Å². The quantitative estimate of drug-likeness (QED) is 0.561. The van der Waals surface area contributed by atoms with Crippen molar-refractivity contribution >= 4 is 35.5 Å². The first-order valence-corrected chi connectivity index (χ1v) is 12.2. The Balaban J connectivity index is 1.55. The normalized spacial score (nSPS) is 20.7. The molecule has 0 bridgehead atoms. The van der Waals surface area contributed by atoms with Crippen LogP contribution in [0.5, 0.6) is 0 Å². The van der Waals surface area contributed by atoms with E-state index in [0.717, 1.165) is 11.1 Å². The number of piperidine rings is 1. The van der Waals surface area contributed by atoms with Crippen molar-refractivity contribution in [2.24, 2.45) is 5.92 Å². The third-order valence-corrected chi connectivity index (χ3v) is 7.39. The van der Waals surface area contributed by atoms with Crippen LogP contribution < -0.4 is 5.32 Å². The summed E-state index contributed by atoms with van der Waals surface area (Å²) in [7, 11) is 1.53. The topological polar surface area (TPSA) is 79.0 Å². The Kier molecular flexibility index (Phi) is 7.57. The first kappa shape index (κ1) is 24.9. The van der Waals surface area contributed by atoms with Gasteiger partial charge < -0.3 is 15.0 Å². The van der Waals surface area contributed by atoms with Crippen molar-refractivity contribution in [2.75, 3.05) is 33.4 Å². The number of ether oxygens (including phenoxy) is 1. The zero-order valence-corrected chi connectivity index (χ0v) is 20.6. The second kappa shape index (κ2) is 10.6. The van der Waals surface area contributed by atoms with Crippen LogP contribution in [0.15, 0.2) is 55.1 Å². The van der Waals surface area contributed by atoms with E-state index in [2.05, 4.69) is 11.9 Å². The van der Waals surface area contributed by atoms with E-state index in [4.69, 9.17) is 16.3 Å². The molecule has 2 aliphatic rings. The van der Waals surface area contributed by atoms with Gasteiger partial charge in [0.25, 0.3) is 11.8 Å². The number of hydrogen-bond acceptors (Lipinski definition) is 4. The van der Waals surface area contributed by atoms with Crippen LogP contribution in [0.2, 0.25) is 5.02 Å². The van der Waals surface area contributed by atoms with Crippen molar-refractivity contribution in [1.82, 2.24) is 15.1 Å². The summed E-state index contributed by atoms with van der Waals surface area (Å²) in [6.45, 7) is 5.19. The second-order valence-corrected chi connectivity index (χ2v) is 9.42. The summed E-state index contributed by atoms with van der Waals surface area (Å²) in [5.74, 6) is -0.443. The van der Waals surface area contributed by atoms with E-state index in [1.165, 1.54) is 12.0 Å². The van der Waals surface area contributed by atoms with E-state index in [1.807, 2.05) is 35.2 Å². The number of carbonyl (C=O) groups is 3. The number of urea groups is 1. The molecule has 2 aliphatic heterocycles. The maximum atomic E-state index is 13.7. The number of halogens is 1. The number of hydrogen-bond donors (Lipinski definition) is 1. The fraction of sp³-hybridized carbons (Fsp3) is 0.370. The minimum Gasteiger partial charge on any atom is -0.383 e. The van der Waals surface area contributed by atoms with Crippen molar-refractivity contribution < 1.29 is 19.1 Å². The van der Waals surface area contributed by atoms with Crippen LogP contribution in [0, 0.1) is 5.92 Å². The van der Waals surface area contributed by atoms with E-state index in [-0.39, 0.29) is 30.9 Å². The van der Waals surface area contributed by atoms with Gasteiger partial charge in [-0.15, -0.1) is 0 Å². The van der Waals surface area contributed by atoms with Crippen LogP contribution in [0.25, 0.3) is 6.08 Å². The number of rotatable bonds is 8. The summed E-state index contributed by atoms with van der Waals surface area (Å²) in [5.41, 5.74) is 1.26. The molecule has 0 saturated carbocycles. The molecule has 1 N–H and O–H groups in total. The number of nitrogens with one attached hydrogen (secondary N) is 1. The van der Waals surface area contributed by atoms with Crippen LogP contribution in [-0.4, -0.2) is 66.5 Å². The zero-order valence-electron chi connectivity index (χ0n) is 19.8. The van der Waals surface area contributed by atoms with Crippen molar-refractivity contribution in [1.29, 1.82) is 0 Å². The lowest BCUT2D eigenvalue weighted by Crippen LogP contribution is -2.58. The average Bonchev–Trinajstić information content (AvgIpc) is 3.13. The number of nitrogens with zero attached hydrogens (tertiary/aromatic N) is 2. The van der Waals surface area contributed by atoms with E-state index >= 15 is 0 Å². The van der Waals surface area contributed by atoms with E-state index < -0.39 is 11.6 Å². The Hall–Kier alpha value is -3.16. The van der Waals surface area contributed by atoms with Crippen LogP contribution in [-0.2, 0) is 16.0 Å². The van der Waals surface area contributed by atoms with E-state index in [1.54, 1.807) is 24.3 Å². The Morgan fingerprint density at radius 3 is 2.49 bits per heavy atom. The highest BCUT2D eigenvalue weighted by Crippen LogP contribution is 2.38. The lowest BCUT2D eigenvalue weighted by molar-refractivity contribution is -0.134. The highest BCUT2D eigenvalue weighted by Gasteiger charge is 2.56. The van der Waals surface area contributed by atoms with Gasteiger partial charge >= 0.3 is 6.03 Å². The predicted molar refractivity (Wildman–Crippen MR) is 135 cm³/mol. The molecule has 2 fully saturated rings. The first-order chi connectivity index (χ1) is 16.9. The van der Waals surface area contributed by atoms with Gasteiger partial charge in [0.1, 0.15) is 5.54 Å². The summed E-state index contributed by atoms with van der Waals surface area (Å²) in [6, 6.07) is 14.3. The number of carbonyl (C=O) groups excluding carboxylic acids is 3. The molecule has 2 aromatic carbocycles. The Labute approximate surface area is 210 Å². The lowest BCUT2D eigenvalue weighted by atomic mass is 9.73. The Morgan fingerprint density at radius 1 is 1.17 bits per heavy atom. The van der Waals surface area contributed by atoms with Gasteiger partial charge in [-0.05, 0) is 48.1 Å². The van der Waals surface area contributed by atoms with Crippen LogP contribution in [0.1, 0.15) is 34.3 Å². The smallest absolute Gasteiger partial charge is 0.325 e. The van der Waals surface area contributed by atoms with Gasteiger partial charge in [0.2, 0.25) is 0 Å². The number of methoxy groups -OCH3 is 1. The van der Waals surface area contributed by atoms with E-state index in [0.29, 0.717) is 42.9 Å². The summed E-state index contributed by atoms with van der Waals surface area (Å²) in [5, 5.41) is 3.58. The summed E-state index contributed by atoms with van der Waals surface area (Å²) in [4.78, 5) is 42.7. The maximum Gasteiger partial charge on any atom is 0.325 e. The van der Waals surface area contributed by atoms with Gasteiger partial charge in [0.15, 0.2) is 0 Å². The molecule has 1 atom stereocenters. The molecule has 35 heavy (non-hydrogen) atoms. The SMILES string of the molecule is C=Cc1ccc(C(=O)N2CCC(C3(Cc4ccccc4Cl)NC(=O)N(CCOC)C3=O)CC2)cc1. The molecule has 0 spiro atoms. The fourth-order valence-electron chi connectivity index (χ4n) is 5.03. The lowest BCUT2D eigenvalue weighted by Gasteiger charge is -2.41. The molecular weight excluding hydrogens is 466 g/mol. The second-order valence-electron chi connectivity index (χ2n) is 9.01. The van der Waals surface area contributed by atoms with Gasteiger partial charge in [-0.3, -0.25) is 14.5 Å². The molecule has 2 heterocycles. The molecule has 2 saturated heterocycles. The van der Waals surface area contributed by atoms with Gasteiger partial charge in [0.05, 0.1) is 13.2 Å². The standard InChI is InChI=1S/C27H30ClN3O4/c1-3-19-8-10-20(11-9-19)24(32)30-14-12-22(13-15-30)27(18-21-6-4-5-7-23(21)28)25(33)31(16-17-35-2)26(34)29-27/h3-11,22H,1,12-18H2,2H3,(H,29,34). The molecule has 2 aromatic rings. The summed E-state index contributed by atoms with van der Waals surface area (Å²) in [6.07, 6.45) is 3.21. The summed E-state index contributed by atoms with van der Waals surface area (Å²) < 4.78 is 5.10. The van der Waals surface area contributed by atoms with E-state index in [9.17, 15) is 14.4 Å². The fourth-order valence-corrected chi connectivity index (χ4v) is 5.24. The van der Waals surface area contributed by atoms with Gasteiger partial charge in [-0.25, -0.2) is 4.79 Å². The molecule has 0 aliphatic carbocycles. The summed E-state index contributed by atoms with van der Waals surface area (Å²) >= 11 is 6.45. The van der Waals surface area contributed by atoms with Crippen molar-refractivity contribution in [3.63, 3.8) is 0 Å². The first-order valence-electron chi connectivity index (χ1n) is 11.8. The average molecular weight is 496 g/mol. The van der Waals surface area contributed by atoms with Gasteiger partial charge in [-0.2, -0.15) is 0 Å². The van der Waals surface area contributed by atoms with Gasteiger partial charge in [0, 0.05) is 37.2 Å². The van der Waals surface area contributed by atoms with Crippen molar-refractivity contribution in [3.8, 4) is 0 Å². The minimum atomic E-state index is -1.11. The highest BCUT2D eigenvalue weighted by atomic mass is 35.5. The molecule has 1 unspecified atom stereocenters. The van der Waals surface area contributed by atoms with Crippen molar-refractivity contribution in [3.05, 3.63) is 76.8 Å². The molecular formula is C27H30ClN3O4. The third kappa shape index (κ3) is 4.97. The molecule has 0 aromatic heterocycles. The predicted octanol–water partition coefficient (Wildman–Crippen LogP) is 4.01. The number of amides is 4. The molecule has 184 valence electrons. The maximum absolute atomic E-state index is 13.7. The van der Waals surface area contributed by atoms with Crippen molar-refractivity contribution in [2.45, 2.75) is 24.8 Å². The van der Waals surface area contributed by atoms with Gasteiger partial charge in [-0.1, -0.05) is 54.6 Å².